The molecule has 0 aromatic heterocycles. The number of rotatable bonds is 7. The van der Waals surface area contributed by atoms with E-state index in [1.165, 1.54) is 19.4 Å². The van der Waals surface area contributed by atoms with E-state index in [0.717, 1.165) is 17.3 Å². The van der Waals surface area contributed by atoms with Gasteiger partial charge in [0.2, 0.25) is 5.90 Å². The minimum atomic E-state index is -4.72. The zero-order valence-electron chi connectivity index (χ0n) is 21.5. The zero-order valence-corrected chi connectivity index (χ0v) is 22.5. The molecule has 0 bridgehead atoms. The van der Waals surface area contributed by atoms with E-state index in [4.69, 9.17) is 4.74 Å². The topological polar surface area (TPSA) is 57.4 Å². The van der Waals surface area contributed by atoms with Gasteiger partial charge in [-0.3, -0.25) is 0 Å². The zero-order chi connectivity index (χ0) is 27.5. The Balaban J connectivity index is 0.00000420. The van der Waals surface area contributed by atoms with Crippen LogP contribution in [0.2, 0.25) is 0 Å². The molecule has 207 valence electrons. The minimum Gasteiger partial charge on any atom is -0.497 e. The van der Waals surface area contributed by atoms with Gasteiger partial charge < -0.3 is 14.7 Å². The van der Waals surface area contributed by atoms with Crippen molar-refractivity contribution in [1.82, 2.24) is 0 Å². The molecule has 0 saturated carbocycles. The van der Waals surface area contributed by atoms with Gasteiger partial charge in [0.05, 0.1) is 18.9 Å². The molecule has 1 unspecified atom stereocenters. The van der Waals surface area contributed by atoms with Crippen LogP contribution in [-0.2, 0) is 34.8 Å². The summed E-state index contributed by atoms with van der Waals surface area (Å²) in [4.78, 5) is 1.98. The second-order valence-corrected chi connectivity index (χ2v) is 9.04. The molecule has 39 heavy (non-hydrogen) atoms. The van der Waals surface area contributed by atoms with Crippen LogP contribution in [0.3, 0.4) is 0 Å². The molecule has 1 heterocycles. The van der Waals surface area contributed by atoms with Crippen LogP contribution in [-0.4, -0.2) is 30.9 Å². The van der Waals surface area contributed by atoms with Crippen LogP contribution in [0.4, 0.5) is 23.2 Å². The van der Waals surface area contributed by atoms with Gasteiger partial charge >= 0.3 is 6.18 Å². The van der Waals surface area contributed by atoms with Crippen molar-refractivity contribution in [2.45, 2.75) is 31.9 Å². The SMILES string of the molecule is CCN1\C(=C/C=N/N=C(\O)c2ccccc2)C(C)(Cc2ccc(F)cc2C(F)(F)F)c2cc(OC)ccc21.[Co]. The third kappa shape index (κ3) is 6.17. The van der Waals surface area contributed by atoms with Gasteiger partial charge in [-0.1, -0.05) is 24.3 Å². The summed E-state index contributed by atoms with van der Waals surface area (Å²) in [6.45, 7) is 4.31. The first-order valence-corrected chi connectivity index (χ1v) is 12.0. The number of alkyl halides is 3. The summed E-state index contributed by atoms with van der Waals surface area (Å²) in [6.07, 6.45) is -1.71. The molecular formula is C29H27CoF4N3O2. The molecule has 1 aliphatic rings. The first-order chi connectivity index (χ1) is 18.1. The molecule has 1 radical (unpaired) electrons. The van der Waals surface area contributed by atoms with Crippen LogP contribution in [0.25, 0.3) is 0 Å². The molecule has 0 aliphatic carbocycles. The Morgan fingerprint density at radius 2 is 1.79 bits per heavy atom. The van der Waals surface area contributed by atoms with E-state index in [-0.39, 0.29) is 34.7 Å². The Morgan fingerprint density at radius 1 is 1.08 bits per heavy atom. The second kappa shape index (κ2) is 12.0. The monoisotopic (exact) mass is 584 g/mol. The van der Waals surface area contributed by atoms with Crippen molar-refractivity contribution in [2.75, 3.05) is 18.6 Å². The molecule has 3 aromatic carbocycles. The fraction of sp³-hybridized carbons (Fsp3) is 0.241. The minimum absolute atomic E-state index is 0. The van der Waals surface area contributed by atoms with Gasteiger partial charge in [-0.25, -0.2) is 4.39 Å². The number of aliphatic hydroxyl groups excluding tert-OH is 1. The number of halogens is 4. The first kappa shape index (κ1) is 29.9. The summed E-state index contributed by atoms with van der Waals surface area (Å²) in [5.74, 6) is -0.654. The van der Waals surface area contributed by atoms with Crippen molar-refractivity contribution in [1.29, 1.82) is 0 Å². The molecule has 0 amide bonds. The molecule has 0 spiro atoms. The van der Waals surface area contributed by atoms with Gasteiger partial charge in [0.15, 0.2) is 0 Å². The van der Waals surface area contributed by atoms with E-state index in [1.54, 1.807) is 36.4 Å². The quantitative estimate of drug-likeness (QED) is 0.140. The van der Waals surface area contributed by atoms with Crippen molar-refractivity contribution in [3.8, 4) is 5.75 Å². The largest absolute Gasteiger partial charge is 0.497 e. The predicted molar refractivity (Wildman–Crippen MR) is 141 cm³/mol. The first-order valence-electron chi connectivity index (χ1n) is 12.0. The maximum Gasteiger partial charge on any atom is 0.416 e. The number of aliphatic hydroxyl groups is 1. The number of benzene rings is 3. The molecule has 4 rings (SSSR count). The number of nitrogens with zero attached hydrogens (tertiary/aromatic N) is 3. The van der Waals surface area contributed by atoms with Gasteiger partial charge in [0.1, 0.15) is 11.6 Å². The summed E-state index contributed by atoms with van der Waals surface area (Å²) in [5, 5.41) is 18.0. The third-order valence-electron chi connectivity index (χ3n) is 6.67. The van der Waals surface area contributed by atoms with E-state index in [0.29, 0.717) is 29.6 Å². The number of fused-ring (bicyclic) bond motifs is 1. The average Bonchev–Trinajstić information content (AvgIpc) is 3.13. The molecule has 1 N–H and O–H groups in total. The van der Waals surface area contributed by atoms with Crippen molar-refractivity contribution in [3.63, 3.8) is 0 Å². The van der Waals surface area contributed by atoms with Crippen LogP contribution >= 0.6 is 0 Å². The van der Waals surface area contributed by atoms with E-state index >= 15 is 0 Å². The summed E-state index contributed by atoms with van der Waals surface area (Å²) < 4.78 is 60.9. The van der Waals surface area contributed by atoms with Crippen molar-refractivity contribution in [2.24, 2.45) is 10.2 Å². The Kier molecular flexibility index (Phi) is 9.24. The Labute approximate surface area is 234 Å². The fourth-order valence-corrected chi connectivity index (χ4v) is 4.87. The molecule has 0 fully saturated rings. The van der Waals surface area contributed by atoms with Crippen molar-refractivity contribution in [3.05, 3.63) is 107 Å². The van der Waals surface area contributed by atoms with Gasteiger partial charge in [-0.05, 0) is 79.9 Å². The van der Waals surface area contributed by atoms with E-state index < -0.39 is 23.0 Å². The standard InChI is InChI=1S/C29H27F4N3O2.Co/c1-4-36-25-13-12-22(38-3)17-24(25)28(2,18-20-10-11-21(30)16-23(20)29(31,32)33)26(36)14-15-34-35-27(37)19-8-6-5-7-9-19;/h5-17H,4,18H2,1-3H3,(H,35,37);/b26-14-,34-15+;. The number of allylic oxidation sites excluding steroid dienone is 2. The third-order valence-corrected chi connectivity index (χ3v) is 6.67. The van der Waals surface area contributed by atoms with Crippen LogP contribution < -0.4 is 9.64 Å². The molecular weight excluding hydrogens is 557 g/mol. The van der Waals surface area contributed by atoms with E-state index in [2.05, 4.69) is 10.2 Å². The van der Waals surface area contributed by atoms with Crippen LogP contribution in [0.5, 0.6) is 5.75 Å². The second-order valence-electron chi connectivity index (χ2n) is 9.04. The van der Waals surface area contributed by atoms with Gasteiger partial charge in [0, 0.05) is 45.7 Å². The van der Waals surface area contributed by atoms with Crippen LogP contribution in [0, 0.1) is 5.82 Å². The van der Waals surface area contributed by atoms with Crippen LogP contribution in [0.1, 0.15) is 36.1 Å². The van der Waals surface area contributed by atoms with E-state index in [1.807, 2.05) is 36.9 Å². The number of ether oxygens (including phenoxy) is 1. The van der Waals surface area contributed by atoms with E-state index in [9.17, 15) is 22.7 Å². The maximum atomic E-state index is 13.9. The fourth-order valence-electron chi connectivity index (χ4n) is 4.87. The van der Waals surface area contributed by atoms with Gasteiger partial charge in [-0.2, -0.15) is 18.3 Å². The van der Waals surface area contributed by atoms with Crippen LogP contribution in [0.15, 0.2) is 88.7 Å². The Bertz CT molecular complexity index is 1410. The normalized spacial score (nSPS) is 18.4. The number of anilines is 1. The number of methoxy groups -OCH3 is 1. The molecule has 10 heteroatoms. The van der Waals surface area contributed by atoms with Crippen molar-refractivity contribution < 1.29 is 44.2 Å². The summed E-state index contributed by atoms with van der Waals surface area (Å²) in [5.41, 5.74) is 0.773. The average molecular weight is 584 g/mol. The Morgan fingerprint density at radius 3 is 2.44 bits per heavy atom. The molecule has 3 aromatic rings. The molecule has 1 atom stereocenters. The molecule has 5 nitrogen and oxygen atoms in total. The smallest absolute Gasteiger partial charge is 0.416 e. The molecule has 0 saturated heterocycles. The number of hydrogen-bond donors (Lipinski definition) is 1. The molecule has 1 aliphatic heterocycles. The predicted octanol–water partition coefficient (Wildman–Crippen LogP) is 7.07. The number of likely N-dealkylation sites (N-methyl/N-ethyl adjacent to an activating group) is 1. The Hall–Kier alpha value is -3.63. The number of hydrogen-bond acceptors (Lipinski definition) is 4. The summed E-state index contributed by atoms with van der Waals surface area (Å²) in [7, 11) is 1.52. The summed E-state index contributed by atoms with van der Waals surface area (Å²) >= 11 is 0. The maximum absolute atomic E-state index is 13.9. The van der Waals surface area contributed by atoms with Gasteiger partial charge in [0.25, 0.3) is 0 Å². The summed E-state index contributed by atoms with van der Waals surface area (Å²) in [6, 6.07) is 16.9. The van der Waals surface area contributed by atoms with Crippen molar-refractivity contribution >= 4 is 17.8 Å². The van der Waals surface area contributed by atoms with Gasteiger partial charge in [-0.15, -0.1) is 5.10 Å².